The van der Waals surface area contributed by atoms with Gasteiger partial charge in [-0.3, -0.25) is 15.0 Å². The number of hydrogen-bond donors (Lipinski definition) is 1. The first-order valence-electron chi connectivity index (χ1n) is 10.4. The number of amides is 1. The predicted octanol–water partition coefficient (Wildman–Crippen LogP) is 4.28. The molecule has 2 aromatic carbocycles. The molecule has 31 heavy (non-hydrogen) atoms. The number of rotatable bonds is 7. The molecule has 162 valence electrons. The lowest BCUT2D eigenvalue weighted by Crippen LogP contribution is -2.35. The van der Waals surface area contributed by atoms with Crippen LogP contribution >= 0.6 is 11.3 Å². The summed E-state index contributed by atoms with van der Waals surface area (Å²) in [6.07, 6.45) is 0. The van der Waals surface area contributed by atoms with E-state index in [0.717, 1.165) is 60.3 Å². The molecule has 1 saturated heterocycles. The highest BCUT2D eigenvalue weighted by atomic mass is 32.1. The molecule has 0 unspecified atom stereocenters. The fraction of sp³-hybridized carbons (Fsp3) is 0.333. The van der Waals surface area contributed by atoms with Gasteiger partial charge in [0.05, 0.1) is 18.9 Å². The van der Waals surface area contributed by atoms with Gasteiger partial charge >= 0.3 is 0 Å². The summed E-state index contributed by atoms with van der Waals surface area (Å²) in [5.74, 6) is 0.504. The average Bonchev–Trinajstić information content (AvgIpc) is 3.16. The number of aryl methyl sites for hydroxylation is 2. The summed E-state index contributed by atoms with van der Waals surface area (Å²) in [4.78, 5) is 20.8. The number of hydrogen-bond acceptors (Lipinski definition) is 6. The van der Waals surface area contributed by atoms with E-state index in [4.69, 9.17) is 14.5 Å². The molecule has 7 heteroatoms. The number of thiazole rings is 1. The number of morpholine rings is 1. The van der Waals surface area contributed by atoms with Gasteiger partial charge in [0, 0.05) is 30.1 Å². The SMILES string of the molecule is Cc1ccc(OCC(=O)Nc2nc(-c3ccccc3)c(CN3CCOCC3)s2)c(C)c1. The van der Waals surface area contributed by atoms with Crippen molar-refractivity contribution in [2.75, 3.05) is 38.2 Å². The number of aromatic nitrogens is 1. The maximum atomic E-state index is 12.5. The highest BCUT2D eigenvalue weighted by molar-refractivity contribution is 7.16. The van der Waals surface area contributed by atoms with E-state index in [1.165, 1.54) is 16.9 Å². The van der Waals surface area contributed by atoms with Crippen LogP contribution in [-0.4, -0.2) is 48.7 Å². The second kappa shape index (κ2) is 10.0. The van der Waals surface area contributed by atoms with E-state index in [-0.39, 0.29) is 12.5 Å². The van der Waals surface area contributed by atoms with E-state index in [0.29, 0.717) is 5.13 Å². The topological polar surface area (TPSA) is 63.7 Å². The Hall–Kier alpha value is -2.74. The van der Waals surface area contributed by atoms with Crippen LogP contribution in [0.15, 0.2) is 48.5 Å². The number of carbonyl (C=O) groups is 1. The number of benzene rings is 2. The zero-order chi connectivity index (χ0) is 21.6. The molecule has 0 bridgehead atoms. The largest absolute Gasteiger partial charge is 0.483 e. The van der Waals surface area contributed by atoms with Gasteiger partial charge in [0.1, 0.15) is 5.75 Å². The van der Waals surface area contributed by atoms with Gasteiger partial charge in [-0.2, -0.15) is 0 Å². The zero-order valence-corrected chi connectivity index (χ0v) is 18.7. The van der Waals surface area contributed by atoms with Gasteiger partial charge in [-0.15, -0.1) is 0 Å². The van der Waals surface area contributed by atoms with Crippen LogP contribution in [0.5, 0.6) is 5.75 Å². The summed E-state index contributed by atoms with van der Waals surface area (Å²) < 4.78 is 11.2. The van der Waals surface area contributed by atoms with Gasteiger partial charge < -0.3 is 9.47 Å². The highest BCUT2D eigenvalue weighted by Gasteiger charge is 2.19. The van der Waals surface area contributed by atoms with Crippen LogP contribution in [0.4, 0.5) is 5.13 Å². The van der Waals surface area contributed by atoms with Crippen molar-refractivity contribution in [3.8, 4) is 17.0 Å². The van der Waals surface area contributed by atoms with Crippen molar-refractivity contribution in [2.24, 2.45) is 0 Å². The van der Waals surface area contributed by atoms with Gasteiger partial charge in [0.2, 0.25) is 0 Å². The lowest BCUT2D eigenvalue weighted by atomic mass is 10.1. The molecule has 1 N–H and O–H groups in total. The first-order valence-corrected chi connectivity index (χ1v) is 11.3. The molecule has 6 nitrogen and oxygen atoms in total. The third-order valence-electron chi connectivity index (χ3n) is 5.15. The molecule has 0 atom stereocenters. The van der Waals surface area contributed by atoms with E-state index in [1.807, 2.05) is 62.4 Å². The van der Waals surface area contributed by atoms with E-state index < -0.39 is 0 Å². The molecule has 0 radical (unpaired) electrons. The molecule has 1 aliphatic heterocycles. The molecule has 0 saturated carbocycles. The maximum Gasteiger partial charge on any atom is 0.264 e. The molecule has 1 amide bonds. The summed E-state index contributed by atoms with van der Waals surface area (Å²) in [5.41, 5.74) is 4.15. The Kier molecular flexibility index (Phi) is 6.96. The van der Waals surface area contributed by atoms with E-state index >= 15 is 0 Å². The van der Waals surface area contributed by atoms with Crippen LogP contribution in [-0.2, 0) is 16.1 Å². The monoisotopic (exact) mass is 437 g/mol. The van der Waals surface area contributed by atoms with E-state index in [1.54, 1.807) is 0 Å². The lowest BCUT2D eigenvalue weighted by molar-refractivity contribution is -0.118. The third-order valence-corrected chi connectivity index (χ3v) is 6.11. The van der Waals surface area contributed by atoms with Crippen LogP contribution in [0.2, 0.25) is 0 Å². The van der Waals surface area contributed by atoms with Gasteiger partial charge in [-0.1, -0.05) is 59.4 Å². The number of nitrogens with one attached hydrogen (secondary N) is 1. The fourth-order valence-electron chi connectivity index (χ4n) is 3.56. The number of nitrogens with zero attached hydrogens (tertiary/aromatic N) is 2. The minimum atomic E-state index is -0.216. The molecule has 1 aliphatic rings. The van der Waals surface area contributed by atoms with Gasteiger partial charge in [0.25, 0.3) is 5.91 Å². The second-order valence-electron chi connectivity index (χ2n) is 7.65. The molecule has 1 aromatic heterocycles. The number of ether oxygens (including phenoxy) is 2. The number of anilines is 1. The summed E-state index contributed by atoms with van der Waals surface area (Å²) in [6.45, 7) is 8.05. The third kappa shape index (κ3) is 5.70. The molecule has 4 rings (SSSR count). The van der Waals surface area contributed by atoms with Crippen LogP contribution < -0.4 is 10.1 Å². The van der Waals surface area contributed by atoms with Crippen molar-refractivity contribution in [1.82, 2.24) is 9.88 Å². The summed E-state index contributed by atoms with van der Waals surface area (Å²) in [6, 6.07) is 16.0. The summed E-state index contributed by atoms with van der Waals surface area (Å²) in [5, 5.41) is 3.50. The minimum Gasteiger partial charge on any atom is -0.483 e. The van der Waals surface area contributed by atoms with Crippen molar-refractivity contribution in [2.45, 2.75) is 20.4 Å². The minimum absolute atomic E-state index is 0.0526. The van der Waals surface area contributed by atoms with Crippen molar-refractivity contribution >= 4 is 22.4 Å². The van der Waals surface area contributed by atoms with Crippen LogP contribution in [0, 0.1) is 13.8 Å². The average molecular weight is 438 g/mol. The van der Waals surface area contributed by atoms with Gasteiger partial charge in [-0.25, -0.2) is 4.98 Å². The summed E-state index contributed by atoms with van der Waals surface area (Å²) in [7, 11) is 0. The molecule has 3 aromatic rings. The predicted molar refractivity (Wildman–Crippen MR) is 124 cm³/mol. The number of carbonyl (C=O) groups excluding carboxylic acids is 1. The Labute approximate surface area is 186 Å². The Morgan fingerprint density at radius 1 is 1.16 bits per heavy atom. The van der Waals surface area contributed by atoms with Gasteiger partial charge in [0.15, 0.2) is 11.7 Å². The van der Waals surface area contributed by atoms with Crippen LogP contribution in [0.1, 0.15) is 16.0 Å². The maximum absolute atomic E-state index is 12.5. The van der Waals surface area contributed by atoms with E-state index in [2.05, 4.69) is 10.2 Å². The van der Waals surface area contributed by atoms with E-state index in [9.17, 15) is 4.79 Å². The van der Waals surface area contributed by atoms with Crippen molar-refractivity contribution in [3.63, 3.8) is 0 Å². The molecular weight excluding hydrogens is 410 g/mol. The van der Waals surface area contributed by atoms with Gasteiger partial charge in [-0.05, 0) is 25.5 Å². The highest BCUT2D eigenvalue weighted by Crippen LogP contribution is 2.32. The van der Waals surface area contributed by atoms with Crippen molar-refractivity contribution < 1.29 is 14.3 Å². The van der Waals surface area contributed by atoms with Crippen molar-refractivity contribution in [1.29, 1.82) is 0 Å². The Morgan fingerprint density at radius 2 is 1.94 bits per heavy atom. The molecular formula is C24H27N3O3S. The molecule has 0 spiro atoms. The Balaban J connectivity index is 1.46. The molecule has 2 heterocycles. The Bertz CT molecular complexity index is 1030. The van der Waals surface area contributed by atoms with Crippen LogP contribution in [0.25, 0.3) is 11.3 Å². The van der Waals surface area contributed by atoms with Crippen molar-refractivity contribution in [3.05, 3.63) is 64.5 Å². The lowest BCUT2D eigenvalue weighted by Gasteiger charge is -2.26. The summed E-state index contributed by atoms with van der Waals surface area (Å²) >= 11 is 1.52. The normalized spacial score (nSPS) is 14.4. The van der Waals surface area contributed by atoms with Crippen LogP contribution in [0.3, 0.4) is 0 Å². The smallest absolute Gasteiger partial charge is 0.264 e. The zero-order valence-electron chi connectivity index (χ0n) is 17.9. The quantitative estimate of drug-likeness (QED) is 0.598. The first-order chi connectivity index (χ1) is 15.1. The molecule has 1 fully saturated rings. The fourth-order valence-corrected chi connectivity index (χ4v) is 4.60. The standard InChI is InChI=1S/C24H27N3O3S/c1-17-8-9-20(18(2)14-17)30-16-22(28)25-24-26-23(19-6-4-3-5-7-19)21(31-24)15-27-10-12-29-13-11-27/h3-9,14H,10-13,15-16H2,1-2H3,(H,25,26,28). The molecule has 0 aliphatic carbocycles. The second-order valence-corrected chi connectivity index (χ2v) is 8.73. The first kappa shape index (κ1) is 21.5. The Morgan fingerprint density at radius 3 is 2.68 bits per heavy atom.